The maximum Gasteiger partial charge on any atom is 0.246 e. The number of carbonyl (C=O) groups is 11. The van der Waals surface area contributed by atoms with Crippen LogP contribution >= 0.6 is 0 Å². The van der Waals surface area contributed by atoms with Crippen molar-refractivity contribution in [2.45, 2.75) is 235 Å². The van der Waals surface area contributed by atoms with Gasteiger partial charge >= 0.3 is 0 Å². The van der Waals surface area contributed by atoms with E-state index in [0.29, 0.717) is 13.0 Å². The number of hydrogen-bond acceptors (Lipinski definition) is 14. The van der Waals surface area contributed by atoms with E-state index < -0.39 is 161 Å². The molecule has 1 aliphatic rings. The van der Waals surface area contributed by atoms with E-state index in [1.165, 1.54) is 82.8 Å². The largest absolute Gasteiger partial charge is 0.390 e. The molecule has 1 fully saturated rings. The van der Waals surface area contributed by atoms with Gasteiger partial charge in [-0.05, 0) is 109 Å². The van der Waals surface area contributed by atoms with Crippen LogP contribution in [0.2, 0.25) is 0 Å². The van der Waals surface area contributed by atoms with Gasteiger partial charge in [0.05, 0.1) is 18.2 Å². The third-order valence-electron chi connectivity index (χ3n) is 16.8. The quantitative estimate of drug-likeness (QED) is 0.0704. The van der Waals surface area contributed by atoms with Gasteiger partial charge in [0, 0.05) is 62.4 Å². The molecular formula is C65H117N11O14. The fourth-order valence-corrected chi connectivity index (χ4v) is 11.0. The van der Waals surface area contributed by atoms with Crippen LogP contribution in [0, 0.1) is 35.5 Å². The summed E-state index contributed by atoms with van der Waals surface area (Å²) in [7, 11) is 9.81. The monoisotopic (exact) mass is 1280 g/mol. The molecule has 0 aromatic rings. The standard InChI is InChI=1S/C65H117N11O14/c1-26-29-30-42(14)54(78)53-58(82)68-45(27-2)60(84)70(19)35-50(77)71(20)49(34-65(17,18)90-36-89-28-3)57(81)69-51(40(10)11)63(87)72(21)46(31-37(4)5)56(80)66-43(15)55(79)67-44(16)59(83)73(22)47(32-38(6)7)61(85)74(23)48(33-39(8)9)62(86)75(24)52(41(12)13)64(88)76(53)25/h26,29,37-49,51-54,78H,27-28,30-36H2,1-25H3,(H,66,80)(H,67,79)(H,68,82)(H,69,81)/b29-26+/t42-,43+,44-,45+,46+,47+,48+,49+,51+,52+,53+,54-/m1/s1. The van der Waals surface area contributed by atoms with E-state index >= 15 is 9.59 Å². The summed E-state index contributed by atoms with van der Waals surface area (Å²) in [6.45, 7) is 30.8. The number of nitrogens with one attached hydrogen (secondary N) is 4. The van der Waals surface area contributed by atoms with Crippen LogP contribution < -0.4 is 21.3 Å². The lowest BCUT2D eigenvalue weighted by Crippen LogP contribution is -2.63. The Morgan fingerprint density at radius 3 is 1.48 bits per heavy atom. The van der Waals surface area contributed by atoms with Crippen LogP contribution in [0.3, 0.4) is 0 Å². The summed E-state index contributed by atoms with van der Waals surface area (Å²) in [5, 5.41) is 23.1. The van der Waals surface area contributed by atoms with Crippen molar-refractivity contribution < 1.29 is 67.3 Å². The summed E-state index contributed by atoms with van der Waals surface area (Å²) in [4.78, 5) is 170. The second-order valence-corrected chi connectivity index (χ2v) is 27.2. The zero-order chi connectivity index (χ0) is 69.7. The Kier molecular flexibility index (Phi) is 33.9. The molecule has 1 rings (SSSR count). The second-order valence-electron chi connectivity index (χ2n) is 27.2. The number of carbonyl (C=O) groups excluding carboxylic acids is 11. The fourth-order valence-electron chi connectivity index (χ4n) is 11.0. The molecule has 0 aromatic carbocycles. The maximum atomic E-state index is 15.2. The molecule has 0 aliphatic carbocycles. The highest BCUT2D eigenvalue weighted by Gasteiger charge is 2.46. The Morgan fingerprint density at radius 2 is 1.00 bits per heavy atom. The van der Waals surface area contributed by atoms with E-state index in [0.717, 1.165) is 14.7 Å². The maximum absolute atomic E-state index is 15.2. The molecule has 25 heteroatoms. The van der Waals surface area contributed by atoms with E-state index in [4.69, 9.17) is 9.47 Å². The highest BCUT2D eigenvalue weighted by Crippen LogP contribution is 2.26. The Hall–Kier alpha value is -6.21. The van der Waals surface area contributed by atoms with Crippen molar-refractivity contribution in [1.82, 2.24) is 55.6 Å². The average molecular weight is 1280 g/mol. The third-order valence-corrected chi connectivity index (χ3v) is 16.8. The number of nitrogens with zero attached hydrogens (tertiary/aromatic N) is 7. The van der Waals surface area contributed by atoms with Gasteiger partial charge in [-0.15, -0.1) is 0 Å². The van der Waals surface area contributed by atoms with Crippen molar-refractivity contribution in [3.63, 3.8) is 0 Å². The van der Waals surface area contributed by atoms with Crippen LogP contribution in [0.4, 0.5) is 0 Å². The van der Waals surface area contributed by atoms with Gasteiger partial charge in [0.25, 0.3) is 0 Å². The van der Waals surface area contributed by atoms with Crippen molar-refractivity contribution in [2.75, 3.05) is 69.3 Å². The Labute approximate surface area is 538 Å². The molecule has 1 saturated heterocycles. The summed E-state index contributed by atoms with van der Waals surface area (Å²) in [5.74, 6) is -10.1. The average Bonchev–Trinajstić information content (AvgIpc) is 0.849. The first kappa shape index (κ1) is 81.8. The number of ether oxygens (including phenoxy) is 2. The molecule has 0 saturated carbocycles. The topological polar surface area (TPSA) is 297 Å². The summed E-state index contributed by atoms with van der Waals surface area (Å²) in [6, 6.07) is -12.8. The minimum absolute atomic E-state index is 0.00688. The molecule has 1 aliphatic heterocycles. The Morgan fingerprint density at radius 1 is 0.533 bits per heavy atom. The molecule has 12 atom stereocenters. The SMILES string of the molecule is C/C=C/C[C@@H](C)[C@@H](O)[C@H]1C(=O)N[C@@H](CC)C(=O)N(C)CC(=O)N(C)[C@@H](CC(C)(C)OCOCC)C(=O)N[C@@H](C(C)C)C(=O)N(C)[C@@H](CC(C)C)C(=O)N[C@@H](C)C(=O)N[C@H](C)C(=O)N(C)[C@@H](CC(C)C)C(=O)N(C)[C@@H](CC(C)C)C(=O)N(C)[C@@H](C(C)C)C(=O)N1C. The van der Waals surface area contributed by atoms with E-state index in [1.54, 1.807) is 81.4 Å². The summed E-state index contributed by atoms with van der Waals surface area (Å²) in [5.41, 5.74) is -1.12. The lowest BCUT2D eigenvalue weighted by atomic mass is 9.91. The minimum atomic E-state index is -1.64. The van der Waals surface area contributed by atoms with E-state index in [1.807, 2.05) is 41.5 Å². The van der Waals surface area contributed by atoms with Crippen LogP contribution in [-0.4, -0.2) is 246 Å². The Bertz CT molecular complexity index is 2450. The molecule has 0 unspecified atom stereocenters. The van der Waals surface area contributed by atoms with E-state index in [2.05, 4.69) is 21.3 Å². The number of amides is 11. The molecule has 25 nitrogen and oxygen atoms in total. The van der Waals surface area contributed by atoms with Gasteiger partial charge in [-0.2, -0.15) is 0 Å². The fraction of sp³-hybridized carbons (Fsp3) is 0.800. The van der Waals surface area contributed by atoms with Gasteiger partial charge in [-0.25, -0.2) is 0 Å². The molecule has 0 spiro atoms. The third kappa shape index (κ3) is 23.5. The lowest BCUT2D eigenvalue weighted by molar-refractivity contribution is -0.157. The van der Waals surface area contributed by atoms with Crippen molar-refractivity contribution in [3.05, 3.63) is 12.2 Å². The molecule has 0 radical (unpaired) electrons. The molecular weight excluding hydrogens is 1160 g/mol. The van der Waals surface area contributed by atoms with Crippen LogP contribution in [0.15, 0.2) is 12.2 Å². The first-order chi connectivity index (χ1) is 41.6. The predicted molar refractivity (Wildman–Crippen MR) is 345 cm³/mol. The molecule has 1 heterocycles. The van der Waals surface area contributed by atoms with Crippen LogP contribution in [0.25, 0.3) is 0 Å². The van der Waals surface area contributed by atoms with Crippen molar-refractivity contribution in [3.8, 4) is 0 Å². The van der Waals surface area contributed by atoms with Crippen LogP contribution in [-0.2, 0) is 62.2 Å². The molecule has 90 heavy (non-hydrogen) atoms. The second kappa shape index (κ2) is 37.3. The number of likely N-dealkylation sites (N-methyl/N-ethyl adjacent to an activating group) is 7. The smallest absolute Gasteiger partial charge is 0.246 e. The van der Waals surface area contributed by atoms with E-state index in [9.17, 15) is 48.3 Å². The summed E-state index contributed by atoms with van der Waals surface area (Å²) in [6.07, 6.45) is 2.62. The van der Waals surface area contributed by atoms with Gasteiger partial charge in [0.15, 0.2) is 0 Å². The van der Waals surface area contributed by atoms with Crippen LogP contribution in [0.1, 0.15) is 163 Å². The highest BCUT2D eigenvalue weighted by molar-refractivity contribution is 5.99. The van der Waals surface area contributed by atoms with Crippen molar-refractivity contribution in [1.29, 1.82) is 0 Å². The van der Waals surface area contributed by atoms with Crippen molar-refractivity contribution in [2.24, 2.45) is 35.5 Å². The van der Waals surface area contributed by atoms with Gasteiger partial charge < -0.3 is 70.1 Å². The zero-order valence-electron chi connectivity index (χ0n) is 59.2. The number of aliphatic hydroxyl groups excluding tert-OH is 1. The summed E-state index contributed by atoms with van der Waals surface area (Å²) >= 11 is 0. The first-order valence-electron chi connectivity index (χ1n) is 32.1. The van der Waals surface area contributed by atoms with E-state index in [-0.39, 0.29) is 56.7 Å². The van der Waals surface area contributed by atoms with Crippen molar-refractivity contribution >= 4 is 65.0 Å². The highest BCUT2D eigenvalue weighted by atomic mass is 16.7. The number of aliphatic hydroxyl groups is 1. The lowest BCUT2D eigenvalue weighted by Gasteiger charge is -2.41. The van der Waals surface area contributed by atoms with Gasteiger partial charge in [-0.1, -0.05) is 95.2 Å². The number of hydrogen-bond donors (Lipinski definition) is 5. The molecule has 11 amide bonds. The molecule has 516 valence electrons. The van der Waals surface area contributed by atoms with Gasteiger partial charge in [-0.3, -0.25) is 52.7 Å². The molecule has 5 N–H and O–H groups in total. The molecule has 0 aromatic heterocycles. The zero-order valence-corrected chi connectivity index (χ0v) is 59.2. The minimum Gasteiger partial charge on any atom is -0.390 e. The first-order valence-corrected chi connectivity index (χ1v) is 32.1. The molecule has 0 bridgehead atoms. The van der Waals surface area contributed by atoms with Crippen LogP contribution in [0.5, 0.6) is 0 Å². The number of rotatable bonds is 19. The predicted octanol–water partition coefficient (Wildman–Crippen LogP) is 3.40. The van der Waals surface area contributed by atoms with Gasteiger partial charge in [0.2, 0.25) is 65.0 Å². The van der Waals surface area contributed by atoms with Gasteiger partial charge in [0.1, 0.15) is 67.2 Å². The summed E-state index contributed by atoms with van der Waals surface area (Å²) < 4.78 is 11.5. The Balaban J connectivity index is 4.41. The normalized spacial score (nSPS) is 26.2. The number of allylic oxidation sites excluding steroid dienone is 2.